The number of hydrogen-bond acceptors (Lipinski definition) is 4. The molecule has 0 aliphatic rings. The Morgan fingerprint density at radius 3 is 2.85 bits per heavy atom. The summed E-state index contributed by atoms with van der Waals surface area (Å²) in [5, 5.41) is 3.80. The largest absolute Gasteiger partial charge is 0.353 e. The smallest absolute Gasteiger partial charge is 0.278 e. The SMILES string of the molecule is CC[C@H](C)n1c(SCC(=O)Nc2ccccc2Cl)nc2cc(C)[nH]c2c1=O. The first-order chi connectivity index (χ1) is 12.9. The molecule has 3 aromatic rings. The van der Waals surface area contributed by atoms with Gasteiger partial charge in [-0.3, -0.25) is 14.2 Å². The zero-order valence-electron chi connectivity index (χ0n) is 15.4. The van der Waals surface area contributed by atoms with Gasteiger partial charge in [0.05, 0.1) is 22.0 Å². The van der Waals surface area contributed by atoms with Gasteiger partial charge in [-0.1, -0.05) is 42.4 Å². The lowest BCUT2D eigenvalue weighted by Gasteiger charge is -2.17. The number of nitrogens with zero attached hydrogens (tertiary/aromatic N) is 2. The molecule has 0 bridgehead atoms. The van der Waals surface area contributed by atoms with Gasteiger partial charge in [0.25, 0.3) is 5.56 Å². The van der Waals surface area contributed by atoms with Crippen LogP contribution in [0.25, 0.3) is 11.0 Å². The van der Waals surface area contributed by atoms with Crippen molar-refractivity contribution in [3.63, 3.8) is 0 Å². The molecule has 0 saturated heterocycles. The highest BCUT2D eigenvalue weighted by atomic mass is 35.5. The Morgan fingerprint density at radius 1 is 1.41 bits per heavy atom. The maximum atomic E-state index is 12.9. The van der Waals surface area contributed by atoms with E-state index in [0.717, 1.165) is 12.1 Å². The molecular weight excluding hydrogens is 384 g/mol. The lowest BCUT2D eigenvalue weighted by molar-refractivity contribution is -0.113. The van der Waals surface area contributed by atoms with Crippen molar-refractivity contribution in [3.8, 4) is 0 Å². The number of nitrogens with one attached hydrogen (secondary N) is 2. The molecule has 0 aliphatic carbocycles. The molecule has 1 atom stereocenters. The van der Waals surface area contributed by atoms with Gasteiger partial charge in [0, 0.05) is 11.7 Å². The Kier molecular flexibility index (Phi) is 5.92. The number of para-hydroxylation sites is 1. The third-order valence-electron chi connectivity index (χ3n) is 4.30. The summed E-state index contributed by atoms with van der Waals surface area (Å²) in [5.41, 5.74) is 2.44. The van der Waals surface area contributed by atoms with Gasteiger partial charge in [-0.05, 0) is 38.5 Å². The van der Waals surface area contributed by atoms with Crippen LogP contribution in [0.1, 0.15) is 32.0 Å². The Bertz CT molecular complexity index is 1040. The highest BCUT2D eigenvalue weighted by molar-refractivity contribution is 7.99. The second-order valence-electron chi connectivity index (χ2n) is 6.36. The molecule has 6 nitrogen and oxygen atoms in total. The number of halogens is 1. The summed E-state index contributed by atoms with van der Waals surface area (Å²) >= 11 is 7.32. The van der Waals surface area contributed by atoms with Gasteiger partial charge in [-0.25, -0.2) is 4.98 Å². The average molecular weight is 405 g/mol. The first-order valence-electron chi connectivity index (χ1n) is 8.69. The molecule has 0 unspecified atom stereocenters. The average Bonchev–Trinajstić information content (AvgIpc) is 3.02. The molecule has 0 saturated carbocycles. The lowest BCUT2D eigenvalue weighted by atomic mass is 10.2. The van der Waals surface area contributed by atoms with Gasteiger partial charge >= 0.3 is 0 Å². The number of hydrogen-bond donors (Lipinski definition) is 2. The topological polar surface area (TPSA) is 79.8 Å². The maximum absolute atomic E-state index is 12.9. The fourth-order valence-electron chi connectivity index (χ4n) is 2.74. The summed E-state index contributed by atoms with van der Waals surface area (Å²) < 4.78 is 1.66. The third kappa shape index (κ3) is 4.20. The Balaban J connectivity index is 1.86. The monoisotopic (exact) mass is 404 g/mol. The molecule has 2 heterocycles. The fourth-order valence-corrected chi connectivity index (χ4v) is 3.82. The molecule has 2 aromatic heterocycles. The molecule has 1 aromatic carbocycles. The summed E-state index contributed by atoms with van der Waals surface area (Å²) in [4.78, 5) is 32.9. The van der Waals surface area contributed by atoms with Crippen LogP contribution in [-0.2, 0) is 4.79 Å². The van der Waals surface area contributed by atoms with E-state index in [2.05, 4.69) is 15.3 Å². The van der Waals surface area contributed by atoms with Crippen molar-refractivity contribution in [2.45, 2.75) is 38.4 Å². The van der Waals surface area contributed by atoms with Gasteiger partial charge in [0.15, 0.2) is 5.16 Å². The van der Waals surface area contributed by atoms with Crippen molar-refractivity contribution in [2.24, 2.45) is 0 Å². The van der Waals surface area contributed by atoms with Crippen LogP contribution in [0, 0.1) is 6.92 Å². The van der Waals surface area contributed by atoms with E-state index in [1.165, 1.54) is 11.8 Å². The first-order valence-corrected chi connectivity index (χ1v) is 10.1. The van der Waals surface area contributed by atoms with Crippen LogP contribution in [0.4, 0.5) is 5.69 Å². The van der Waals surface area contributed by atoms with Crippen LogP contribution < -0.4 is 10.9 Å². The first kappa shape index (κ1) is 19.5. The number of H-pyrrole nitrogens is 1. The zero-order valence-corrected chi connectivity index (χ0v) is 16.9. The van der Waals surface area contributed by atoms with E-state index in [4.69, 9.17) is 11.6 Å². The minimum atomic E-state index is -0.205. The van der Waals surface area contributed by atoms with Crippen molar-refractivity contribution in [2.75, 3.05) is 11.1 Å². The van der Waals surface area contributed by atoms with E-state index in [9.17, 15) is 9.59 Å². The van der Waals surface area contributed by atoms with Gasteiger partial charge in [-0.15, -0.1) is 0 Å². The molecule has 0 radical (unpaired) electrons. The molecule has 2 N–H and O–H groups in total. The molecule has 1 amide bonds. The van der Waals surface area contributed by atoms with Crippen LogP contribution >= 0.6 is 23.4 Å². The molecule has 142 valence electrons. The zero-order chi connectivity index (χ0) is 19.6. The molecule has 8 heteroatoms. The lowest BCUT2D eigenvalue weighted by Crippen LogP contribution is -2.26. The summed E-state index contributed by atoms with van der Waals surface area (Å²) in [6, 6.07) is 8.88. The van der Waals surface area contributed by atoms with Crippen molar-refractivity contribution in [3.05, 3.63) is 51.4 Å². The number of fused-ring (bicyclic) bond motifs is 1. The van der Waals surface area contributed by atoms with Crippen LogP contribution in [0.2, 0.25) is 5.02 Å². The van der Waals surface area contributed by atoms with Gasteiger partial charge < -0.3 is 10.3 Å². The number of benzene rings is 1. The maximum Gasteiger partial charge on any atom is 0.278 e. The Labute approximate surface area is 166 Å². The number of aromatic amines is 1. The van der Waals surface area contributed by atoms with Crippen LogP contribution in [0.15, 0.2) is 40.3 Å². The minimum absolute atomic E-state index is 0.0212. The molecule has 0 fully saturated rings. The van der Waals surface area contributed by atoms with E-state index in [1.54, 1.807) is 28.8 Å². The second kappa shape index (κ2) is 8.19. The van der Waals surface area contributed by atoms with E-state index >= 15 is 0 Å². The molecule has 0 spiro atoms. The number of aryl methyl sites for hydroxylation is 1. The fraction of sp³-hybridized carbons (Fsp3) is 0.316. The normalized spacial score (nSPS) is 12.3. The number of thioether (sulfide) groups is 1. The van der Waals surface area contributed by atoms with Crippen LogP contribution in [0.3, 0.4) is 0 Å². The van der Waals surface area contributed by atoms with Gasteiger partial charge in [0.2, 0.25) is 5.91 Å². The highest BCUT2D eigenvalue weighted by Crippen LogP contribution is 2.24. The van der Waals surface area contributed by atoms with Crippen molar-refractivity contribution in [1.29, 1.82) is 0 Å². The summed E-state index contributed by atoms with van der Waals surface area (Å²) in [5.74, 6) is -0.0772. The quantitative estimate of drug-likeness (QED) is 0.471. The molecule has 0 aliphatic heterocycles. The van der Waals surface area contributed by atoms with Crippen molar-refractivity contribution in [1.82, 2.24) is 14.5 Å². The number of carbonyl (C=O) groups excluding carboxylic acids is 1. The van der Waals surface area contributed by atoms with E-state index < -0.39 is 0 Å². The summed E-state index contributed by atoms with van der Waals surface area (Å²) in [6.45, 7) is 5.87. The van der Waals surface area contributed by atoms with Crippen molar-refractivity contribution >= 4 is 46.0 Å². The molecular formula is C19H21ClN4O2S. The molecule has 3 rings (SSSR count). The standard InChI is InChI=1S/C19H21ClN4O2S/c1-4-12(3)24-18(26)17-15(9-11(2)21-17)23-19(24)27-10-16(25)22-14-8-6-5-7-13(14)20/h5-9,12,21H,4,10H2,1-3H3,(H,22,25)/t12-/m0/s1. The van der Waals surface area contributed by atoms with E-state index in [1.807, 2.05) is 26.8 Å². The number of amides is 1. The van der Waals surface area contributed by atoms with E-state index in [0.29, 0.717) is 26.9 Å². The Morgan fingerprint density at radius 2 is 2.15 bits per heavy atom. The second-order valence-corrected chi connectivity index (χ2v) is 7.71. The van der Waals surface area contributed by atoms with Crippen molar-refractivity contribution < 1.29 is 4.79 Å². The summed E-state index contributed by atoms with van der Waals surface area (Å²) in [6.07, 6.45) is 0.784. The summed E-state index contributed by atoms with van der Waals surface area (Å²) in [7, 11) is 0. The number of anilines is 1. The number of carbonyl (C=O) groups is 1. The third-order valence-corrected chi connectivity index (χ3v) is 5.58. The highest BCUT2D eigenvalue weighted by Gasteiger charge is 2.18. The van der Waals surface area contributed by atoms with Crippen LogP contribution in [-0.4, -0.2) is 26.2 Å². The van der Waals surface area contributed by atoms with Gasteiger partial charge in [-0.2, -0.15) is 0 Å². The van der Waals surface area contributed by atoms with E-state index in [-0.39, 0.29) is 23.3 Å². The number of aromatic nitrogens is 3. The van der Waals surface area contributed by atoms with Crippen LogP contribution in [0.5, 0.6) is 0 Å². The predicted octanol–water partition coefficient (Wildman–Crippen LogP) is 4.39. The minimum Gasteiger partial charge on any atom is -0.353 e. The number of rotatable bonds is 6. The Hall–Kier alpha value is -2.25. The molecule has 27 heavy (non-hydrogen) atoms. The van der Waals surface area contributed by atoms with Gasteiger partial charge in [0.1, 0.15) is 5.52 Å². The predicted molar refractivity (Wildman–Crippen MR) is 111 cm³/mol.